The van der Waals surface area contributed by atoms with E-state index in [0.29, 0.717) is 11.1 Å². The SMILES string of the molecule is Cc1nc(NS(=O)(=O)c2c[nH]c3c4c(ccc23)CCC4)c(F)cc1Cl. The molecule has 2 heterocycles. The quantitative estimate of drug-likeness (QED) is 0.723. The summed E-state index contributed by atoms with van der Waals surface area (Å²) in [4.78, 5) is 7.03. The van der Waals surface area contributed by atoms with Gasteiger partial charge in [-0.15, -0.1) is 0 Å². The molecule has 0 aliphatic heterocycles. The maximum absolute atomic E-state index is 14.0. The Hall–Kier alpha value is -2.12. The Morgan fingerprint density at radius 2 is 2.12 bits per heavy atom. The Kier molecular flexibility index (Phi) is 3.73. The summed E-state index contributed by atoms with van der Waals surface area (Å²) in [5.74, 6) is -1.18. The molecule has 1 aromatic carbocycles. The predicted octanol–water partition coefficient (Wildman–Crippen LogP) is 3.95. The van der Waals surface area contributed by atoms with Gasteiger partial charge in [-0.1, -0.05) is 23.7 Å². The zero-order valence-electron chi connectivity index (χ0n) is 13.4. The fourth-order valence-electron chi connectivity index (χ4n) is 3.29. The first-order valence-corrected chi connectivity index (χ1v) is 9.70. The molecule has 0 radical (unpaired) electrons. The molecular formula is C17H15ClFN3O2S. The van der Waals surface area contributed by atoms with Crippen LogP contribution in [0.3, 0.4) is 0 Å². The summed E-state index contributed by atoms with van der Waals surface area (Å²) in [6.07, 6.45) is 4.43. The predicted molar refractivity (Wildman–Crippen MR) is 95.1 cm³/mol. The lowest BCUT2D eigenvalue weighted by Gasteiger charge is -2.09. The van der Waals surface area contributed by atoms with Crippen molar-refractivity contribution >= 4 is 38.3 Å². The van der Waals surface area contributed by atoms with Crippen molar-refractivity contribution in [3.63, 3.8) is 0 Å². The monoisotopic (exact) mass is 379 g/mol. The van der Waals surface area contributed by atoms with Gasteiger partial charge in [0.15, 0.2) is 11.6 Å². The molecule has 0 bridgehead atoms. The summed E-state index contributed by atoms with van der Waals surface area (Å²) in [6.45, 7) is 1.58. The molecule has 0 atom stereocenters. The zero-order chi connectivity index (χ0) is 17.8. The lowest BCUT2D eigenvalue weighted by Crippen LogP contribution is -2.15. The van der Waals surface area contributed by atoms with Gasteiger partial charge in [-0.05, 0) is 43.4 Å². The summed E-state index contributed by atoms with van der Waals surface area (Å²) in [7, 11) is -3.99. The summed E-state index contributed by atoms with van der Waals surface area (Å²) in [6, 6.07) is 4.80. The number of aromatic nitrogens is 2. The van der Waals surface area contributed by atoms with Crippen molar-refractivity contribution in [3.8, 4) is 0 Å². The van der Waals surface area contributed by atoms with Gasteiger partial charge >= 0.3 is 0 Å². The van der Waals surface area contributed by atoms with Gasteiger partial charge in [0.05, 0.1) is 16.2 Å². The van der Waals surface area contributed by atoms with Gasteiger partial charge in [-0.25, -0.2) is 17.8 Å². The van der Waals surface area contributed by atoms with Crippen molar-refractivity contribution in [3.05, 3.63) is 52.1 Å². The molecule has 8 heteroatoms. The number of anilines is 1. The van der Waals surface area contributed by atoms with Crippen molar-refractivity contribution in [1.29, 1.82) is 0 Å². The molecule has 130 valence electrons. The zero-order valence-corrected chi connectivity index (χ0v) is 14.9. The number of sulfonamides is 1. The van der Waals surface area contributed by atoms with Gasteiger partial charge < -0.3 is 4.98 Å². The normalized spacial score (nSPS) is 14.0. The van der Waals surface area contributed by atoms with Crippen LogP contribution in [0.15, 0.2) is 29.3 Å². The van der Waals surface area contributed by atoms with Crippen LogP contribution in [0.4, 0.5) is 10.2 Å². The minimum atomic E-state index is -3.99. The topological polar surface area (TPSA) is 74.8 Å². The highest BCUT2D eigenvalue weighted by atomic mass is 35.5. The molecule has 0 saturated carbocycles. The molecule has 1 aliphatic carbocycles. The van der Waals surface area contributed by atoms with Crippen LogP contribution in [0.5, 0.6) is 0 Å². The highest BCUT2D eigenvalue weighted by Gasteiger charge is 2.24. The van der Waals surface area contributed by atoms with Gasteiger partial charge in [0, 0.05) is 11.6 Å². The Bertz CT molecular complexity index is 1110. The number of benzene rings is 1. The average Bonchev–Trinajstić information content (AvgIpc) is 3.18. The molecule has 3 aromatic rings. The summed E-state index contributed by atoms with van der Waals surface area (Å²) in [5, 5.41) is 0.738. The molecule has 0 fully saturated rings. The number of hydrogen-bond donors (Lipinski definition) is 2. The second kappa shape index (κ2) is 5.71. The molecule has 0 spiro atoms. The first-order valence-electron chi connectivity index (χ1n) is 7.84. The van der Waals surface area contributed by atoms with Crippen molar-refractivity contribution in [1.82, 2.24) is 9.97 Å². The van der Waals surface area contributed by atoms with Crippen molar-refractivity contribution in [2.45, 2.75) is 31.1 Å². The fourth-order valence-corrected chi connectivity index (χ4v) is 4.61. The van der Waals surface area contributed by atoms with Gasteiger partial charge in [0.25, 0.3) is 10.0 Å². The average molecular weight is 380 g/mol. The van der Waals surface area contributed by atoms with E-state index in [2.05, 4.69) is 14.7 Å². The summed E-state index contributed by atoms with van der Waals surface area (Å²) < 4.78 is 41.7. The number of aromatic amines is 1. The van der Waals surface area contributed by atoms with E-state index in [9.17, 15) is 12.8 Å². The third-order valence-corrected chi connectivity index (χ3v) is 6.28. The number of rotatable bonds is 3. The van der Waals surface area contributed by atoms with Gasteiger partial charge in [-0.2, -0.15) is 0 Å². The number of pyridine rings is 1. The summed E-state index contributed by atoms with van der Waals surface area (Å²) >= 11 is 5.80. The third kappa shape index (κ3) is 2.67. The Morgan fingerprint density at radius 1 is 1.32 bits per heavy atom. The lowest BCUT2D eigenvalue weighted by molar-refractivity contribution is 0.598. The molecule has 1 aliphatic rings. The van der Waals surface area contributed by atoms with Gasteiger partial charge in [-0.3, -0.25) is 4.72 Å². The highest BCUT2D eigenvalue weighted by molar-refractivity contribution is 7.93. The second-order valence-corrected chi connectivity index (χ2v) is 8.18. The van der Waals surface area contributed by atoms with Crippen LogP contribution in [-0.2, 0) is 22.9 Å². The van der Waals surface area contributed by atoms with Crippen LogP contribution >= 0.6 is 11.6 Å². The Morgan fingerprint density at radius 3 is 2.92 bits per heavy atom. The van der Waals surface area contributed by atoms with Crippen LogP contribution in [0.2, 0.25) is 5.02 Å². The number of fused-ring (bicyclic) bond motifs is 3. The van der Waals surface area contributed by atoms with E-state index in [4.69, 9.17) is 11.6 Å². The van der Waals surface area contributed by atoms with E-state index in [-0.39, 0.29) is 15.7 Å². The minimum Gasteiger partial charge on any atom is -0.360 e. The number of hydrogen-bond acceptors (Lipinski definition) is 3. The van der Waals surface area contributed by atoms with Crippen LogP contribution in [0.1, 0.15) is 23.2 Å². The highest BCUT2D eigenvalue weighted by Crippen LogP contribution is 2.33. The standard InChI is InChI=1S/C17H15ClFN3O2S/c1-9-13(18)7-14(19)17(21-9)22-25(23,24)15-8-20-16-11-4-2-3-10(11)5-6-12(15)16/h5-8,20H,2-4H2,1H3,(H,21,22). The van der Waals surface area contributed by atoms with Crippen LogP contribution in [-0.4, -0.2) is 18.4 Å². The number of nitrogens with one attached hydrogen (secondary N) is 2. The van der Waals surface area contributed by atoms with Crippen molar-refractivity contribution in [2.75, 3.05) is 4.72 Å². The lowest BCUT2D eigenvalue weighted by atomic mass is 10.1. The Balaban J connectivity index is 1.79. The van der Waals surface area contributed by atoms with E-state index in [1.165, 1.54) is 11.8 Å². The first kappa shape index (κ1) is 16.4. The Labute approximate surface area is 149 Å². The fraction of sp³-hybridized carbons (Fsp3) is 0.235. The molecule has 0 unspecified atom stereocenters. The molecule has 0 saturated heterocycles. The van der Waals surface area contributed by atoms with E-state index in [1.807, 2.05) is 6.07 Å². The number of H-pyrrole nitrogens is 1. The van der Waals surface area contributed by atoms with E-state index >= 15 is 0 Å². The van der Waals surface area contributed by atoms with Gasteiger partial charge in [0.1, 0.15) is 4.90 Å². The van der Waals surface area contributed by atoms with Crippen LogP contribution in [0.25, 0.3) is 10.9 Å². The molecule has 4 rings (SSSR count). The van der Waals surface area contributed by atoms with Crippen molar-refractivity contribution in [2.24, 2.45) is 0 Å². The smallest absolute Gasteiger partial charge is 0.265 e. The van der Waals surface area contributed by atoms with Crippen LogP contribution < -0.4 is 4.72 Å². The molecule has 5 nitrogen and oxygen atoms in total. The second-order valence-electron chi connectivity index (χ2n) is 6.12. The first-order chi connectivity index (χ1) is 11.9. The molecule has 25 heavy (non-hydrogen) atoms. The minimum absolute atomic E-state index is 0.0750. The summed E-state index contributed by atoms with van der Waals surface area (Å²) in [5.41, 5.74) is 3.58. The molecule has 2 aromatic heterocycles. The maximum Gasteiger partial charge on any atom is 0.265 e. The maximum atomic E-state index is 14.0. The number of nitrogens with zero attached hydrogens (tertiary/aromatic N) is 1. The number of halogens is 2. The van der Waals surface area contributed by atoms with Gasteiger partial charge in [0.2, 0.25) is 0 Å². The number of aryl methyl sites for hydroxylation is 3. The molecule has 2 N–H and O–H groups in total. The molecule has 0 amide bonds. The van der Waals surface area contributed by atoms with Crippen molar-refractivity contribution < 1.29 is 12.8 Å². The molecular weight excluding hydrogens is 365 g/mol. The van der Waals surface area contributed by atoms with E-state index in [1.54, 1.807) is 13.0 Å². The van der Waals surface area contributed by atoms with E-state index in [0.717, 1.165) is 36.4 Å². The third-order valence-electron chi connectivity index (χ3n) is 4.52. The van der Waals surface area contributed by atoms with E-state index < -0.39 is 15.8 Å². The largest absolute Gasteiger partial charge is 0.360 e. The van der Waals surface area contributed by atoms with Crippen LogP contribution in [0, 0.1) is 12.7 Å².